The van der Waals surface area contributed by atoms with Gasteiger partial charge in [0.1, 0.15) is 6.17 Å². The second-order valence-corrected chi connectivity index (χ2v) is 5.91. The van der Waals surface area contributed by atoms with Gasteiger partial charge in [0.2, 0.25) is 0 Å². The van der Waals surface area contributed by atoms with Crippen molar-refractivity contribution in [3.05, 3.63) is 71.8 Å². The number of aromatic nitrogens is 3. The number of nitrogens with one attached hydrogen (secondary N) is 2. The maximum absolute atomic E-state index is 12.4. The molecule has 2 N–H and O–H groups in total. The van der Waals surface area contributed by atoms with Gasteiger partial charge in [0.15, 0.2) is 5.69 Å². The highest BCUT2D eigenvalue weighted by Crippen LogP contribution is 2.28. The summed E-state index contributed by atoms with van der Waals surface area (Å²) in [5.41, 5.74) is 2.53. The number of fused-ring (bicyclic) bond motifs is 1. The van der Waals surface area contributed by atoms with Crippen LogP contribution in [-0.4, -0.2) is 33.2 Å². The van der Waals surface area contributed by atoms with Crippen molar-refractivity contribution >= 4 is 17.6 Å². The number of anilines is 1. The molecule has 3 aromatic rings. The van der Waals surface area contributed by atoms with E-state index in [1.54, 1.807) is 36.3 Å². The lowest BCUT2D eigenvalue weighted by atomic mass is 10.1. The average molecular weight is 363 g/mol. The molecule has 0 saturated heterocycles. The molecule has 0 radical (unpaired) electrons. The van der Waals surface area contributed by atoms with Crippen LogP contribution in [0.4, 0.5) is 5.69 Å². The fraction of sp³-hybridized carbons (Fsp3) is 0.158. The molecule has 136 valence electrons. The third-order valence-corrected chi connectivity index (χ3v) is 4.18. The van der Waals surface area contributed by atoms with Crippen molar-refractivity contribution in [3.8, 4) is 5.69 Å². The molecular formula is C19H17N5O3. The molecule has 0 aliphatic carbocycles. The van der Waals surface area contributed by atoms with E-state index in [9.17, 15) is 9.59 Å². The Morgan fingerprint density at radius 2 is 2.04 bits per heavy atom. The van der Waals surface area contributed by atoms with E-state index < -0.39 is 12.1 Å². The molecule has 2 aromatic heterocycles. The van der Waals surface area contributed by atoms with Crippen LogP contribution in [0, 0.1) is 0 Å². The van der Waals surface area contributed by atoms with Crippen LogP contribution in [0.25, 0.3) is 5.69 Å². The Kier molecular flexibility index (Phi) is 4.29. The number of amides is 1. The summed E-state index contributed by atoms with van der Waals surface area (Å²) in [7, 11) is 0. The zero-order chi connectivity index (χ0) is 18.8. The zero-order valence-corrected chi connectivity index (χ0v) is 14.5. The number of ether oxygens (including phenoxy) is 1. The number of pyridine rings is 1. The third kappa shape index (κ3) is 3.12. The summed E-state index contributed by atoms with van der Waals surface area (Å²) in [6.07, 6.45) is 4.21. The Morgan fingerprint density at radius 1 is 1.22 bits per heavy atom. The van der Waals surface area contributed by atoms with Crippen LogP contribution in [-0.2, 0) is 4.74 Å². The largest absolute Gasteiger partial charge is 0.461 e. The van der Waals surface area contributed by atoms with Gasteiger partial charge >= 0.3 is 5.97 Å². The van der Waals surface area contributed by atoms with E-state index in [0.29, 0.717) is 16.8 Å². The lowest BCUT2D eigenvalue weighted by Gasteiger charge is -2.27. The van der Waals surface area contributed by atoms with Crippen LogP contribution in [0.1, 0.15) is 39.5 Å². The highest BCUT2D eigenvalue weighted by Gasteiger charge is 2.30. The van der Waals surface area contributed by atoms with Gasteiger partial charge in [0.25, 0.3) is 5.91 Å². The predicted molar refractivity (Wildman–Crippen MR) is 97.6 cm³/mol. The smallest absolute Gasteiger partial charge is 0.359 e. The Bertz CT molecular complexity index is 1000. The summed E-state index contributed by atoms with van der Waals surface area (Å²) in [5, 5.41) is 10.4. The first kappa shape index (κ1) is 16.8. The molecule has 8 heteroatoms. The topological polar surface area (TPSA) is 98.1 Å². The monoisotopic (exact) mass is 363 g/mol. The van der Waals surface area contributed by atoms with Crippen molar-refractivity contribution in [1.82, 2.24) is 20.1 Å². The van der Waals surface area contributed by atoms with Crippen molar-refractivity contribution in [3.63, 3.8) is 0 Å². The number of carbonyl (C=O) groups excluding carboxylic acids is 2. The molecule has 0 spiro atoms. The molecule has 27 heavy (non-hydrogen) atoms. The van der Waals surface area contributed by atoms with Gasteiger partial charge in [-0.1, -0.05) is 18.2 Å². The number of esters is 1. The minimum absolute atomic E-state index is 0.144. The predicted octanol–water partition coefficient (Wildman–Crippen LogP) is 2.30. The number of benzene rings is 1. The highest BCUT2D eigenvalue weighted by atomic mass is 16.5. The molecule has 4 rings (SSSR count). The van der Waals surface area contributed by atoms with Crippen LogP contribution in [0.15, 0.2) is 55.0 Å². The van der Waals surface area contributed by atoms with Crippen molar-refractivity contribution in [2.45, 2.75) is 13.1 Å². The molecule has 1 atom stereocenters. The molecule has 1 aliphatic rings. The van der Waals surface area contributed by atoms with E-state index >= 15 is 0 Å². The van der Waals surface area contributed by atoms with E-state index in [-0.39, 0.29) is 18.2 Å². The van der Waals surface area contributed by atoms with Gasteiger partial charge in [-0.2, -0.15) is 5.10 Å². The molecule has 1 amide bonds. The summed E-state index contributed by atoms with van der Waals surface area (Å²) >= 11 is 0. The molecule has 1 aliphatic heterocycles. The first-order chi connectivity index (χ1) is 13.2. The van der Waals surface area contributed by atoms with E-state index in [2.05, 4.69) is 20.7 Å². The molecule has 0 fully saturated rings. The number of rotatable bonds is 4. The number of nitrogens with zero attached hydrogens (tertiary/aromatic N) is 3. The fourth-order valence-electron chi connectivity index (χ4n) is 2.93. The Labute approximate surface area is 155 Å². The highest BCUT2D eigenvalue weighted by molar-refractivity contribution is 6.01. The number of hydrogen-bond donors (Lipinski definition) is 2. The van der Waals surface area contributed by atoms with Gasteiger partial charge in [0, 0.05) is 18.0 Å². The van der Waals surface area contributed by atoms with Gasteiger partial charge in [-0.05, 0) is 25.1 Å². The third-order valence-electron chi connectivity index (χ3n) is 4.18. The standard InChI is InChI=1S/C19H17N5O3/c1-2-27-19(26)16-14(11-24(23-16)12-6-4-3-5-7-12)17-21-15-10-20-9-8-13(15)18(25)22-17/h3-11,17,21H,2H2,1H3,(H,22,25)/t17-/m0/s1. The molecule has 8 nitrogen and oxygen atoms in total. The molecule has 0 saturated carbocycles. The van der Waals surface area contributed by atoms with Gasteiger partial charge in [-0.15, -0.1) is 0 Å². The first-order valence-corrected chi connectivity index (χ1v) is 8.51. The summed E-state index contributed by atoms with van der Waals surface area (Å²) in [5.74, 6) is -0.798. The van der Waals surface area contributed by atoms with E-state index in [0.717, 1.165) is 5.69 Å². The SMILES string of the molecule is CCOC(=O)c1nn(-c2ccccc2)cc1[C@@H]1NC(=O)c2ccncc2N1. The van der Waals surface area contributed by atoms with Crippen LogP contribution in [0.2, 0.25) is 0 Å². The minimum Gasteiger partial charge on any atom is -0.461 e. The second-order valence-electron chi connectivity index (χ2n) is 5.91. The molecular weight excluding hydrogens is 346 g/mol. The van der Waals surface area contributed by atoms with E-state index in [1.807, 2.05) is 30.3 Å². The van der Waals surface area contributed by atoms with Crippen LogP contribution in [0.5, 0.6) is 0 Å². The summed E-state index contributed by atoms with van der Waals surface area (Å²) < 4.78 is 6.73. The Morgan fingerprint density at radius 3 is 2.81 bits per heavy atom. The minimum atomic E-state index is -0.633. The van der Waals surface area contributed by atoms with Crippen LogP contribution in [0.3, 0.4) is 0 Å². The maximum atomic E-state index is 12.4. The quantitative estimate of drug-likeness (QED) is 0.690. The maximum Gasteiger partial charge on any atom is 0.359 e. The first-order valence-electron chi connectivity index (χ1n) is 8.51. The van der Waals surface area contributed by atoms with Gasteiger partial charge in [0.05, 0.1) is 29.7 Å². The molecule has 1 aromatic carbocycles. The lowest BCUT2D eigenvalue weighted by molar-refractivity contribution is 0.0516. The number of hydrogen-bond acceptors (Lipinski definition) is 6. The molecule has 0 unspecified atom stereocenters. The lowest BCUT2D eigenvalue weighted by Crippen LogP contribution is -2.39. The summed E-state index contributed by atoms with van der Waals surface area (Å²) in [6, 6.07) is 11.0. The van der Waals surface area contributed by atoms with Gasteiger partial charge in [-0.25, -0.2) is 9.48 Å². The van der Waals surface area contributed by atoms with E-state index in [1.165, 1.54) is 0 Å². The Hall–Kier alpha value is -3.68. The fourth-order valence-corrected chi connectivity index (χ4v) is 2.93. The summed E-state index contributed by atoms with van der Waals surface area (Å²) in [4.78, 5) is 28.9. The number of para-hydroxylation sites is 1. The molecule has 3 heterocycles. The second kappa shape index (κ2) is 6.91. The summed E-state index contributed by atoms with van der Waals surface area (Å²) in [6.45, 7) is 1.96. The van der Waals surface area contributed by atoms with Gasteiger partial charge in [-0.3, -0.25) is 9.78 Å². The normalized spacial score (nSPS) is 15.4. The average Bonchev–Trinajstić information content (AvgIpc) is 3.14. The Balaban J connectivity index is 1.76. The van der Waals surface area contributed by atoms with Crippen molar-refractivity contribution in [2.75, 3.05) is 11.9 Å². The van der Waals surface area contributed by atoms with Crippen molar-refractivity contribution in [1.29, 1.82) is 0 Å². The zero-order valence-electron chi connectivity index (χ0n) is 14.5. The van der Waals surface area contributed by atoms with Crippen LogP contribution < -0.4 is 10.6 Å². The van der Waals surface area contributed by atoms with Crippen molar-refractivity contribution in [2.24, 2.45) is 0 Å². The van der Waals surface area contributed by atoms with Crippen molar-refractivity contribution < 1.29 is 14.3 Å². The van der Waals surface area contributed by atoms with Crippen LogP contribution >= 0.6 is 0 Å². The molecule has 0 bridgehead atoms. The van der Waals surface area contributed by atoms with E-state index in [4.69, 9.17) is 4.74 Å². The van der Waals surface area contributed by atoms with Gasteiger partial charge < -0.3 is 15.4 Å². The number of carbonyl (C=O) groups is 2.